The maximum absolute atomic E-state index is 13.6. The minimum atomic E-state index is -0.790. The maximum atomic E-state index is 13.6. The van der Waals surface area contributed by atoms with Gasteiger partial charge in [0.15, 0.2) is 6.61 Å². The fourth-order valence-corrected chi connectivity index (χ4v) is 1.93. The number of benzene rings is 2. The highest BCUT2D eigenvalue weighted by Gasteiger charge is 2.11. The highest BCUT2D eigenvalue weighted by Crippen LogP contribution is 2.29. The first-order valence-corrected chi connectivity index (χ1v) is 7.21. The molecule has 2 rings (SSSR count). The van der Waals surface area contributed by atoms with Crippen molar-refractivity contribution in [1.82, 2.24) is 0 Å². The van der Waals surface area contributed by atoms with Crippen molar-refractivity contribution in [3.63, 3.8) is 0 Å². The first-order valence-electron chi connectivity index (χ1n) is 6.83. The zero-order valence-corrected chi connectivity index (χ0v) is 13.1. The summed E-state index contributed by atoms with van der Waals surface area (Å²) in [4.78, 5) is 11.8. The summed E-state index contributed by atoms with van der Waals surface area (Å²) in [6, 6.07) is 8.71. The molecular weight excluding hydrogens is 325 g/mol. The van der Waals surface area contributed by atoms with Gasteiger partial charge < -0.3 is 19.9 Å². The summed E-state index contributed by atoms with van der Waals surface area (Å²) in [5.41, 5.74) is -0.131. The molecule has 0 saturated heterocycles. The number of anilines is 1. The number of hydrogen-bond acceptors (Lipinski definition) is 4. The lowest BCUT2D eigenvalue weighted by Gasteiger charge is -2.10. The Morgan fingerprint density at radius 2 is 1.83 bits per heavy atom. The van der Waals surface area contributed by atoms with Crippen LogP contribution < -0.4 is 14.8 Å². The van der Waals surface area contributed by atoms with E-state index in [1.165, 1.54) is 0 Å². The quantitative estimate of drug-likeness (QED) is 0.789. The first kappa shape index (κ1) is 16.9. The van der Waals surface area contributed by atoms with Gasteiger partial charge in [0.1, 0.15) is 23.1 Å². The van der Waals surface area contributed by atoms with Crippen LogP contribution in [0, 0.1) is 5.82 Å². The Balaban J connectivity index is 1.91. The molecule has 0 atom stereocenters. The molecule has 0 aliphatic carbocycles. The Labute approximate surface area is 137 Å². The van der Waals surface area contributed by atoms with Crippen molar-refractivity contribution in [2.45, 2.75) is 6.92 Å². The van der Waals surface area contributed by atoms with Gasteiger partial charge in [-0.15, -0.1) is 0 Å². The summed E-state index contributed by atoms with van der Waals surface area (Å²) in [6.45, 7) is 2.14. The summed E-state index contributed by atoms with van der Waals surface area (Å²) in [5.74, 6) is -0.563. The molecule has 0 bridgehead atoms. The van der Waals surface area contributed by atoms with Crippen LogP contribution in [-0.4, -0.2) is 24.2 Å². The molecule has 1 amide bonds. The maximum Gasteiger partial charge on any atom is 0.262 e. The van der Waals surface area contributed by atoms with E-state index in [1.54, 1.807) is 24.3 Å². The van der Waals surface area contributed by atoms with Gasteiger partial charge in [0.25, 0.3) is 5.91 Å². The van der Waals surface area contributed by atoms with Crippen molar-refractivity contribution in [2.75, 3.05) is 18.5 Å². The van der Waals surface area contributed by atoms with Gasteiger partial charge in [0, 0.05) is 6.07 Å². The number of nitrogens with one attached hydrogen (secondary N) is 1. The molecule has 7 heteroatoms. The van der Waals surface area contributed by atoms with Gasteiger partial charge >= 0.3 is 0 Å². The second-order valence-electron chi connectivity index (χ2n) is 4.52. The predicted molar refractivity (Wildman–Crippen MR) is 84.8 cm³/mol. The van der Waals surface area contributed by atoms with Crippen molar-refractivity contribution in [1.29, 1.82) is 0 Å². The first-order chi connectivity index (χ1) is 11.0. The van der Waals surface area contributed by atoms with E-state index in [4.69, 9.17) is 21.1 Å². The molecule has 0 aliphatic heterocycles. The van der Waals surface area contributed by atoms with Gasteiger partial charge in [-0.3, -0.25) is 4.79 Å². The number of rotatable bonds is 6. The van der Waals surface area contributed by atoms with Crippen LogP contribution in [0.5, 0.6) is 17.2 Å². The Kier molecular flexibility index (Phi) is 5.65. The van der Waals surface area contributed by atoms with Crippen molar-refractivity contribution in [2.24, 2.45) is 0 Å². The highest BCUT2D eigenvalue weighted by molar-refractivity contribution is 6.32. The standard InChI is InChI=1S/C16H15ClFNO4/c1-2-22-10-3-5-11(6-4-10)23-9-16(21)19-14-7-12(17)15(20)8-13(14)18/h3-8,20H,2,9H2,1H3,(H,19,21). The third kappa shape index (κ3) is 4.75. The lowest BCUT2D eigenvalue weighted by atomic mass is 10.3. The third-order valence-electron chi connectivity index (χ3n) is 2.82. The van der Waals surface area contributed by atoms with Crippen LogP contribution in [0.4, 0.5) is 10.1 Å². The monoisotopic (exact) mass is 339 g/mol. The van der Waals surface area contributed by atoms with Crippen LogP contribution in [-0.2, 0) is 4.79 Å². The summed E-state index contributed by atoms with van der Waals surface area (Å²) in [5, 5.41) is 11.5. The van der Waals surface area contributed by atoms with Crippen molar-refractivity contribution in [3.8, 4) is 17.2 Å². The Morgan fingerprint density at radius 1 is 1.22 bits per heavy atom. The number of carbonyl (C=O) groups is 1. The molecule has 0 unspecified atom stereocenters. The van der Waals surface area contributed by atoms with Crippen LogP contribution in [0.25, 0.3) is 0 Å². The minimum absolute atomic E-state index is 0.0610. The van der Waals surface area contributed by atoms with Gasteiger partial charge in [0.2, 0.25) is 0 Å². The van der Waals surface area contributed by atoms with E-state index in [0.717, 1.165) is 12.1 Å². The van der Waals surface area contributed by atoms with Crippen molar-refractivity contribution in [3.05, 3.63) is 47.2 Å². The van der Waals surface area contributed by atoms with E-state index in [9.17, 15) is 14.3 Å². The van der Waals surface area contributed by atoms with Crippen LogP contribution in [0.3, 0.4) is 0 Å². The largest absolute Gasteiger partial charge is 0.506 e. The molecule has 5 nitrogen and oxygen atoms in total. The number of phenolic OH excluding ortho intramolecular Hbond substituents is 1. The molecule has 23 heavy (non-hydrogen) atoms. The van der Waals surface area contributed by atoms with E-state index in [0.29, 0.717) is 18.1 Å². The Bertz CT molecular complexity index is 691. The molecule has 0 aliphatic rings. The molecular formula is C16H15ClFNO4. The van der Waals surface area contributed by atoms with Crippen LogP contribution >= 0.6 is 11.6 Å². The summed E-state index contributed by atoms with van der Waals surface area (Å²) in [7, 11) is 0. The van der Waals surface area contributed by atoms with E-state index < -0.39 is 17.5 Å². The number of ether oxygens (including phenoxy) is 2. The smallest absolute Gasteiger partial charge is 0.262 e. The molecule has 0 aromatic heterocycles. The zero-order valence-electron chi connectivity index (χ0n) is 12.3. The zero-order chi connectivity index (χ0) is 16.8. The summed E-state index contributed by atoms with van der Waals surface area (Å²) >= 11 is 5.67. The van der Waals surface area contributed by atoms with Crippen LogP contribution in [0.15, 0.2) is 36.4 Å². The molecule has 0 fully saturated rings. The molecule has 0 radical (unpaired) electrons. The molecule has 0 saturated carbocycles. The molecule has 122 valence electrons. The van der Waals surface area contributed by atoms with Gasteiger partial charge in [-0.25, -0.2) is 4.39 Å². The van der Waals surface area contributed by atoms with Gasteiger partial charge in [-0.05, 0) is 37.3 Å². The topological polar surface area (TPSA) is 67.8 Å². The van der Waals surface area contributed by atoms with Crippen molar-refractivity contribution < 1.29 is 23.8 Å². The molecule has 2 N–H and O–H groups in total. The minimum Gasteiger partial charge on any atom is -0.506 e. The SMILES string of the molecule is CCOc1ccc(OCC(=O)Nc2cc(Cl)c(O)cc2F)cc1. The average Bonchev–Trinajstić information content (AvgIpc) is 2.52. The van der Waals surface area contributed by atoms with E-state index in [1.807, 2.05) is 6.92 Å². The normalized spacial score (nSPS) is 10.2. The van der Waals surface area contributed by atoms with Crippen LogP contribution in [0.1, 0.15) is 6.92 Å². The molecule has 2 aromatic rings. The number of hydrogen-bond donors (Lipinski definition) is 2. The second-order valence-corrected chi connectivity index (χ2v) is 4.93. The lowest BCUT2D eigenvalue weighted by molar-refractivity contribution is -0.118. The fraction of sp³-hybridized carbons (Fsp3) is 0.188. The summed E-state index contributed by atoms with van der Waals surface area (Å²) in [6.07, 6.45) is 0. The number of amides is 1. The van der Waals surface area contributed by atoms with E-state index in [2.05, 4.69) is 5.32 Å². The molecule has 2 aromatic carbocycles. The van der Waals surface area contributed by atoms with Gasteiger partial charge in [0.05, 0.1) is 17.3 Å². The average molecular weight is 340 g/mol. The number of halogens is 2. The predicted octanol–water partition coefficient (Wildman–Crippen LogP) is 3.60. The Hall–Kier alpha value is -2.47. The summed E-state index contributed by atoms with van der Waals surface area (Å²) < 4.78 is 24.2. The fourth-order valence-electron chi connectivity index (χ4n) is 1.77. The second kappa shape index (κ2) is 7.69. The Morgan fingerprint density at radius 3 is 2.43 bits per heavy atom. The number of carbonyl (C=O) groups excluding carboxylic acids is 1. The van der Waals surface area contributed by atoms with E-state index in [-0.39, 0.29) is 17.3 Å². The number of aromatic hydroxyl groups is 1. The molecule has 0 heterocycles. The molecule has 0 spiro atoms. The highest BCUT2D eigenvalue weighted by atomic mass is 35.5. The van der Waals surface area contributed by atoms with E-state index >= 15 is 0 Å². The van der Waals surface area contributed by atoms with Crippen molar-refractivity contribution >= 4 is 23.2 Å². The van der Waals surface area contributed by atoms with Crippen LogP contribution in [0.2, 0.25) is 5.02 Å². The van der Waals surface area contributed by atoms with Gasteiger partial charge in [-0.2, -0.15) is 0 Å². The lowest BCUT2D eigenvalue weighted by Crippen LogP contribution is -2.20. The van der Waals surface area contributed by atoms with Gasteiger partial charge in [-0.1, -0.05) is 11.6 Å². The third-order valence-corrected chi connectivity index (χ3v) is 3.12. The number of phenols is 1.